The molecule has 2 bridgehead atoms. The second kappa shape index (κ2) is 7.44. The molecule has 1 heterocycles. The molecule has 0 radical (unpaired) electrons. The summed E-state index contributed by atoms with van der Waals surface area (Å²) in [6.07, 6.45) is 0.874. The number of benzene rings is 1. The molecule has 0 spiro atoms. The predicted octanol–water partition coefficient (Wildman–Crippen LogP) is 3.19. The number of ether oxygens (including phenoxy) is 1. The van der Waals surface area contributed by atoms with Gasteiger partial charge in [-0.25, -0.2) is 0 Å². The minimum absolute atomic E-state index is 0.141. The molecule has 1 aromatic rings. The number of amides is 3. The maximum absolute atomic E-state index is 13.0. The Morgan fingerprint density at radius 3 is 2.18 bits per heavy atom. The highest BCUT2D eigenvalue weighted by atomic mass is 79.9. The van der Waals surface area contributed by atoms with Crippen molar-refractivity contribution in [3.63, 3.8) is 0 Å². The van der Waals surface area contributed by atoms with Crippen LogP contribution in [0.5, 0.6) is 5.75 Å². The number of fused-ring (bicyclic) bond motifs is 5. The molecule has 0 aromatic heterocycles. The van der Waals surface area contributed by atoms with Crippen molar-refractivity contribution >= 4 is 55.3 Å². The molecular formula is C20H22Br2N2O4. The van der Waals surface area contributed by atoms with Gasteiger partial charge in [0.15, 0.2) is 0 Å². The number of carbonyl (C=O) groups is 3. The van der Waals surface area contributed by atoms with E-state index >= 15 is 0 Å². The molecular weight excluding hydrogens is 492 g/mol. The third kappa shape index (κ3) is 3.00. The molecule has 3 fully saturated rings. The van der Waals surface area contributed by atoms with Gasteiger partial charge >= 0.3 is 0 Å². The summed E-state index contributed by atoms with van der Waals surface area (Å²) in [6.45, 7) is 4.08. The quantitative estimate of drug-likeness (QED) is 0.484. The molecule has 1 saturated heterocycles. The van der Waals surface area contributed by atoms with E-state index in [1.54, 1.807) is 31.2 Å². The van der Waals surface area contributed by atoms with Crippen LogP contribution in [0.2, 0.25) is 0 Å². The van der Waals surface area contributed by atoms with Crippen LogP contribution in [0.3, 0.4) is 0 Å². The minimum Gasteiger partial charge on any atom is -0.494 e. The maximum atomic E-state index is 13.0. The fourth-order valence-corrected chi connectivity index (χ4v) is 6.79. The number of alkyl halides is 2. The number of nitrogens with one attached hydrogen (secondary N) is 1. The Labute approximate surface area is 180 Å². The van der Waals surface area contributed by atoms with Gasteiger partial charge in [-0.05, 0) is 56.4 Å². The first-order chi connectivity index (χ1) is 13.3. The van der Waals surface area contributed by atoms with Gasteiger partial charge < -0.3 is 10.1 Å². The van der Waals surface area contributed by atoms with E-state index in [4.69, 9.17) is 4.74 Å². The summed E-state index contributed by atoms with van der Waals surface area (Å²) in [5.41, 5.74) is 0.598. The van der Waals surface area contributed by atoms with Crippen molar-refractivity contribution in [1.29, 1.82) is 0 Å². The van der Waals surface area contributed by atoms with Gasteiger partial charge in [0.2, 0.25) is 17.7 Å². The van der Waals surface area contributed by atoms with Gasteiger partial charge in [0, 0.05) is 15.3 Å². The second-order valence-electron chi connectivity index (χ2n) is 7.67. The second-order valence-corrected chi connectivity index (χ2v) is 9.79. The molecule has 28 heavy (non-hydrogen) atoms. The molecule has 1 aromatic carbocycles. The molecule has 1 aliphatic heterocycles. The van der Waals surface area contributed by atoms with Crippen molar-refractivity contribution in [1.82, 2.24) is 4.90 Å². The van der Waals surface area contributed by atoms with E-state index in [-0.39, 0.29) is 51.0 Å². The van der Waals surface area contributed by atoms with Gasteiger partial charge in [-0.1, -0.05) is 31.9 Å². The largest absolute Gasteiger partial charge is 0.494 e. The monoisotopic (exact) mass is 512 g/mol. The Morgan fingerprint density at radius 2 is 1.68 bits per heavy atom. The van der Waals surface area contributed by atoms with Gasteiger partial charge in [-0.15, -0.1) is 0 Å². The number of rotatable bonds is 5. The first-order valence-corrected chi connectivity index (χ1v) is 11.4. The number of halogens is 2. The average Bonchev–Trinajstić information content (AvgIpc) is 3.28. The molecule has 2 saturated carbocycles. The summed E-state index contributed by atoms with van der Waals surface area (Å²) >= 11 is 7.35. The number of hydrogen-bond donors (Lipinski definition) is 1. The Kier molecular flexibility index (Phi) is 5.29. The molecule has 2 aliphatic carbocycles. The van der Waals surface area contributed by atoms with Gasteiger partial charge in [0.1, 0.15) is 11.8 Å². The van der Waals surface area contributed by atoms with Crippen LogP contribution in [-0.2, 0) is 14.4 Å². The number of hydrogen-bond acceptors (Lipinski definition) is 4. The molecule has 3 aliphatic rings. The lowest BCUT2D eigenvalue weighted by atomic mass is 9.81. The number of anilines is 1. The summed E-state index contributed by atoms with van der Waals surface area (Å²) in [7, 11) is 0. The van der Waals surface area contributed by atoms with E-state index in [1.807, 2.05) is 6.92 Å². The zero-order valence-electron chi connectivity index (χ0n) is 15.6. The van der Waals surface area contributed by atoms with Crippen LogP contribution in [-0.4, -0.2) is 44.9 Å². The third-order valence-corrected chi connectivity index (χ3v) is 9.43. The standard InChI is InChI=1S/C20H22Br2N2O4/c1-3-28-11-6-4-10(5-7-11)23-18(25)9(2)24-19(26)14-12-8-13(15(14)20(24)27)17(22)16(12)21/h4-7,9,12-17H,3,8H2,1-2H3,(H,23,25). The smallest absolute Gasteiger partial charge is 0.247 e. The first-order valence-electron chi connectivity index (χ1n) is 9.54. The molecule has 6 nitrogen and oxygen atoms in total. The fourth-order valence-electron chi connectivity index (χ4n) is 4.92. The van der Waals surface area contributed by atoms with Crippen molar-refractivity contribution in [2.45, 2.75) is 36.0 Å². The van der Waals surface area contributed by atoms with E-state index < -0.39 is 6.04 Å². The third-order valence-electron chi connectivity index (χ3n) is 6.22. The van der Waals surface area contributed by atoms with Crippen LogP contribution in [0, 0.1) is 23.7 Å². The van der Waals surface area contributed by atoms with Gasteiger partial charge in [0.05, 0.1) is 18.4 Å². The number of likely N-dealkylation sites (tertiary alicyclic amines) is 1. The first kappa shape index (κ1) is 19.9. The van der Waals surface area contributed by atoms with Crippen molar-refractivity contribution in [3.05, 3.63) is 24.3 Å². The Bertz CT molecular complexity index is 783. The summed E-state index contributed by atoms with van der Waals surface area (Å²) in [6, 6.07) is 6.17. The van der Waals surface area contributed by atoms with Crippen molar-refractivity contribution in [2.75, 3.05) is 11.9 Å². The highest BCUT2D eigenvalue weighted by Gasteiger charge is 2.67. The van der Waals surface area contributed by atoms with Gasteiger partial charge in [-0.2, -0.15) is 0 Å². The molecule has 7 atom stereocenters. The summed E-state index contributed by atoms with van der Waals surface area (Å²) in [4.78, 5) is 40.3. The van der Waals surface area contributed by atoms with Crippen LogP contribution in [0.1, 0.15) is 20.3 Å². The van der Waals surface area contributed by atoms with Crippen LogP contribution in [0.25, 0.3) is 0 Å². The maximum Gasteiger partial charge on any atom is 0.247 e. The van der Waals surface area contributed by atoms with E-state index in [9.17, 15) is 14.4 Å². The number of imide groups is 1. The zero-order valence-corrected chi connectivity index (χ0v) is 18.8. The van der Waals surface area contributed by atoms with Crippen LogP contribution < -0.4 is 10.1 Å². The molecule has 7 unspecified atom stereocenters. The molecule has 4 rings (SSSR count). The van der Waals surface area contributed by atoms with E-state index in [1.165, 1.54) is 4.90 Å². The van der Waals surface area contributed by atoms with Gasteiger partial charge in [-0.3, -0.25) is 19.3 Å². The molecule has 150 valence electrons. The summed E-state index contributed by atoms with van der Waals surface area (Å²) < 4.78 is 5.39. The van der Waals surface area contributed by atoms with Crippen LogP contribution in [0.15, 0.2) is 24.3 Å². The lowest BCUT2D eigenvalue weighted by Crippen LogP contribution is -2.46. The van der Waals surface area contributed by atoms with Crippen molar-refractivity contribution in [2.24, 2.45) is 23.7 Å². The molecule has 1 N–H and O–H groups in total. The van der Waals surface area contributed by atoms with Crippen LogP contribution in [0.4, 0.5) is 5.69 Å². The van der Waals surface area contributed by atoms with Crippen LogP contribution >= 0.6 is 31.9 Å². The number of carbonyl (C=O) groups excluding carboxylic acids is 3. The summed E-state index contributed by atoms with van der Waals surface area (Å²) in [5, 5.41) is 2.79. The Hall–Kier alpha value is -1.41. The number of nitrogens with zero attached hydrogens (tertiary/aromatic N) is 1. The molecule has 3 amide bonds. The highest BCUT2D eigenvalue weighted by molar-refractivity contribution is 9.12. The summed E-state index contributed by atoms with van der Waals surface area (Å²) in [5.74, 6) is -0.405. The Balaban J connectivity index is 1.47. The lowest BCUT2D eigenvalue weighted by Gasteiger charge is -2.28. The minimum atomic E-state index is -0.848. The van der Waals surface area contributed by atoms with Crippen molar-refractivity contribution in [3.8, 4) is 5.75 Å². The molecule has 8 heteroatoms. The van der Waals surface area contributed by atoms with E-state index in [0.29, 0.717) is 12.3 Å². The van der Waals surface area contributed by atoms with E-state index in [0.717, 1.165) is 12.2 Å². The van der Waals surface area contributed by atoms with Gasteiger partial charge in [0.25, 0.3) is 0 Å². The topological polar surface area (TPSA) is 75.7 Å². The lowest BCUT2D eigenvalue weighted by molar-refractivity contribution is -0.146. The average molecular weight is 514 g/mol. The fraction of sp³-hybridized carbons (Fsp3) is 0.550. The highest BCUT2D eigenvalue weighted by Crippen LogP contribution is 2.60. The predicted molar refractivity (Wildman–Crippen MR) is 112 cm³/mol. The normalized spacial score (nSPS) is 34.5. The zero-order chi connectivity index (χ0) is 20.2. The van der Waals surface area contributed by atoms with E-state index in [2.05, 4.69) is 37.2 Å². The SMILES string of the molecule is CCOc1ccc(NC(=O)C(C)N2C(=O)C3C4CC(C(Br)C4Br)C3C2=O)cc1. The van der Waals surface area contributed by atoms with Crippen molar-refractivity contribution < 1.29 is 19.1 Å². The Morgan fingerprint density at radius 1 is 1.14 bits per heavy atom.